The van der Waals surface area contributed by atoms with Crippen molar-refractivity contribution in [1.29, 1.82) is 0 Å². The molecule has 0 spiro atoms. The van der Waals surface area contributed by atoms with E-state index in [0.717, 1.165) is 31.7 Å². The zero-order chi connectivity index (χ0) is 13.0. The van der Waals surface area contributed by atoms with Crippen molar-refractivity contribution >= 4 is 5.82 Å². The SMILES string of the molecule is CCCOc1cc(N2CCC(C)(CN)C2)ncn1. The highest BCUT2D eigenvalue weighted by Gasteiger charge is 2.33. The topological polar surface area (TPSA) is 64.3 Å². The molecule has 0 aromatic carbocycles. The maximum absolute atomic E-state index is 5.82. The van der Waals surface area contributed by atoms with Gasteiger partial charge in [0.2, 0.25) is 5.88 Å². The molecule has 1 aliphatic rings. The molecule has 1 atom stereocenters. The van der Waals surface area contributed by atoms with E-state index in [1.807, 2.05) is 6.07 Å². The summed E-state index contributed by atoms with van der Waals surface area (Å²) in [6, 6.07) is 1.91. The summed E-state index contributed by atoms with van der Waals surface area (Å²) in [5.74, 6) is 1.59. The normalized spacial score (nSPS) is 23.4. The van der Waals surface area contributed by atoms with E-state index in [4.69, 9.17) is 10.5 Å². The van der Waals surface area contributed by atoms with Crippen LogP contribution in [0, 0.1) is 5.41 Å². The molecule has 5 heteroatoms. The largest absolute Gasteiger partial charge is 0.478 e. The van der Waals surface area contributed by atoms with Crippen LogP contribution in [-0.2, 0) is 0 Å². The van der Waals surface area contributed by atoms with E-state index < -0.39 is 0 Å². The maximum Gasteiger partial charge on any atom is 0.218 e. The molecule has 18 heavy (non-hydrogen) atoms. The lowest BCUT2D eigenvalue weighted by Crippen LogP contribution is -2.31. The standard InChI is InChI=1S/C13H22N4O/c1-3-6-18-12-7-11(15-10-16-12)17-5-4-13(2,8-14)9-17/h7,10H,3-6,8-9,14H2,1-2H3. The minimum Gasteiger partial charge on any atom is -0.478 e. The van der Waals surface area contributed by atoms with Crippen LogP contribution in [0.3, 0.4) is 0 Å². The Balaban J connectivity index is 2.05. The van der Waals surface area contributed by atoms with E-state index in [0.29, 0.717) is 19.0 Å². The van der Waals surface area contributed by atoms with Crippen LogP contribution in [0.25, 0.3) is 0 Å². The van der Waals surface area contributed by atoms with Gasteiger partial charge < -0.3 is 15.4 Å². The fourth-order valence-electron chi connectivity index (χ4n) is 2.17. The predicted molar refractivity (Wildman–Crippen MR) is 71.8 cm³/mol. The number of anilines is 1. The first-order valence-corrected chi connectivity index (χ1v) is 6.57. The van der Waals surface area contributed by atoms with Crippen LogP contribution >= 0.6 is 0 Å². The van der Waals surface area contributed by atoms with Crippen molar-refractivity contribution in [2.24, 2.45) is 11.1 Å². The molecular weight excluding hydrogens is 228 g/mol. The molecule has 1 aliphatic heterocycles. The van der Waals surface area contributed by atoms with Gasteiger partial charge in [-0.25, -0.2) is 9.97 Å². The van der Waals surface area contributed by atoms with Gasteiger partial charge >= 0.3 is 0 Å². The molecule has 1 aromatic rings. The van der Waals surface area contributed by atoms with Gasteiger partial charge in [0.15, 0.2) is 0 Å². The molecule has 1 fully saturated rings. The number of nitrogens with zero attached hydrogens (tertiary/aromatic N) is 3. The summed E-state index contributed by atoms with van der Waals surface area (Å²) < 4.78 is 5.53. The van der Waals surface area contributed by atoms with Crippen LogP contribution in [0.2, 0.25) is 0 Å². The Morgan fingerprint density at radius 3 is 3.00 bits per heavy atom. The minimum atomic E-state index is 0.204. The van der Waals surface area contributed by atoms with Gasteiger partial charge in [-0.15, -0.1) is 0 Å². The summed E-state index contributed by atoms with van der Waals surface area (Å²) in [4.78, 5) is 10.7. The quantitative estimate of drug-likeness (QED) is 0.856. The van der Waals surface area contributed by atoms with Crippen molar-refractivity contribution in [3.63, 3.8) is 0 Å². The molecule has 0 amide bonds. The number of nitrogens with two attached hydrogens (primary N) is 1. The molecule has 1 saturated heterocycles. The Morgan fingerprint density at radius 1 is 1.50 bits per heavy atom. The molecule has 1 unspecified atom stereocenters. The lowest BCUT2D eigenvalue weighted by molar-refractivity contribution is 0.304. The van der Waals surface area contributed by atoms with E-state index in [1.54, 1.807) is 6.33 Å². The third-order valence-corrected chi connectivity index (χ3v) is 3.46. The van der Waals surface area contributed by atoms with Crippen LogP contribution in [-0.4, -0.2) is 36.2 Å². The number of hydrogen-bond acceptors (Lipinski definition) is 5. The fourth-order valence-corrected chi connectivity index (χ4v) is 2.17. The molecule has 0 saturated carbocycles. The van der Waals surface area contributed by atoms with Gasteiger partial charge in [-0.3, -0.25) is 0 Å². The molecule has 2 rings (SSSR count). The van der Waals surface area contributed by atoms with Gasteiger partial charge in [-0.05, 0) is 24.8 Å². The number of aromatic nitrogens is 2. The molecule has 5 nitrogen and oxygen atoms in total. The average Bonchev–Trinajstić information content (AvgIpc) is 2.80. The van der Waals surface area contributed by atoms with Crippen molar-refractivity contribution in [2.45, 2.75) is 26.7 Å². The second-order valence-corrected chi connectivity index (χ2v) is 5.25. The summed E-state index contributed by atoms with van der Waals surface area (Å²) >= 11 is 0. The van der Waals surface area contributed by atoms with E-state index in [-0.39, 0.29) is 5.41 Å². The molecule has 0 radical (unpaired) electrons. The monoisotopic (exact) mass is 250 g/mol. The van der Waals surface area contributed by atoms with Gasteiger partial charge in [-0.1, -0.05) is 13.8 Å². The Hall–Kier alpha value is -1.36. The van der Waals surface area contributed by atoms with Crippen LogP contribution in [0.15, 0.2) is 12.4 Å². The molecule has 2 heterocycles. The van der Waals surface area contributed by atoms with Gasteiger partial charge in [-0.2, -0.15) is 0 Å². The summed E-state index contributed by atoms with van der Waals surface area (Å²) in [6.45, 7) is 7.66. The third kappa shape index (κ3) is 2.90. The average molecular weight is 250 g/mol. The Labute approximate surface area is 108 Å². The summed E-state index contributed by atoms with van der Waals surface area (Å²) in [5, 5.41) is 0. The molecule has 1 aromatic heterocycles. The van der Waals surface area contributed by atoms with Crippen molar-refractivity contribution in [1.82, 2.24) is 9.97 Å². The summed E-state index contributed by atoms with van der Waals surface area (Å²) in [6.07, 6.45) is 3.66. The van der Waals surface area contributed by atoms with Crippen molar-refractivity contribution in [3.05, 3.63) is 12.4 Å². The first kappa shape index (κ1) is 13.1. The van der Waals surface area contributed by atoms with Gasteiger partial charge in [0, 0.05) is 19.2 Å². The zero-order valence-corrected chi connectivity index (χ0v) is 11.2. The molecule has 100 valence electrons. The molecule has 0 bridgehead atoms. The second-order valence-electron chi connectivity index (χ2n) is 5.25. The maximum atomic E-state index is 5.82. The Morgan fingerprint density at radius 2 is 2.33 bits per heavy atom. The van der Waals surface area contributed by atoms with Crippen LogP contribution < -0.4 is 15.4 Å². The summed E-state index contributed by atoms with van der Waals surface area (Å²) in [7, 11) is 0. The number of ether oxygens (including phenoxy) is 1. The highest BCUT2D eigenvalue weighted by molar-refractivity contribution is 5.42. The van der Waals surface area contributed by atoms with E-state index in [9.17, 15) is 0 Å². The number of rotatable bonds is 5. The van der Waals surface area contributed by atoms with Crippen LogP contribution in [0.1, 0.15) is 26.7 Å². The molecule has 2 N–H and O–H groups in total. The van der Waals surface area contributed by atoms with Crippen LogP contribution in [0.5, 0.6) is 5.88 Å². The minimum absolute atomic E-state index is 0.204. The zero-order valence-electron chi connectivity index (χ0n) is 11.2. The van der Waals surface area contributed by atoms with Gasteiger partial charge in [0.05, 0.1) is 6.61 Å². The first-order valence-electron chi connectivity index (χ1n) is 6.57. The molecular formula is C13H22N4O. The van der Waals surface area contributed by atoms with Crippen molar-refractivity contribution in [2.75, 3.05) is 31.1 Å². The lowest BCUT2D eigenvalue weighted by Gasteiger charge is -2.23. The van der Waals surface area contributed by atoms with E-state index in [1.165, 1.54) is 0 Å². The summed E-state index contributed by atoms with van der Waals surface area (Å²) in [5.41, 5.74) is 6.02. The van der Waals surface area contributed by atoms with Crippen molar-refractivity contribution < 1.29 is 4.74 Å². The van der Waals surface area contributed by atoms with Crippen LogP contribution in [0.4, 0.5) is 5.82 Å². The van der Waals surface area contributed by atoms with Crippen molar-refractivity contribution in [3.8, 4) is 5.88 Å². The second kappa shape index (κ2) is 5.52. The highest BCUT2D eigenvalue weighted by atomic mass is 16.5. The first-order chi connectivity index (χ1) is 8.67. The lowest BCUT2D eigenvalue weighted by atomic mass is 9.90. The Kier molecular flexibility index (Phi) is 4.01. The van der Waals surface area contributed by atoms with E-state index >= 15 is 0 Å². The smallest absolute Gasteiger partial charge is 0.218 e. The highest BCUT2D eigenvalue weighted by Crippen LogP contribution is 2.31. The number of hydrogen-bond donors (Lipinski definition) is 1. The fraction of sp³-hybridized carbons (Fsp3) is 0.692. The molecule has 0 aliphatic carbocycles. The Bertz CT molecular complexity index is 398. The third-order valence-electron chi connectivity index (χ3n) is 3.46. The predicted octanol–water partition coefficient (Wildman–Crippen LogP) is 1.44. The van der Waals surface area contributed by atoms with Gasteiger partial charge in [0.1, 0.15) is 12.1 Å². The van der Waals surface area contributed by atoms with Gasteiger partial charge in [0.25, 0.3) is 0 Å². The van der Waals surface area contributed by atoms with E-state index in [2.05, 4.69) is 28.7 Å².